The zero-order valence-corrected chi connectivity index (χ0v) is 7.50. The molecule has 0 aromatic carbocycles. The van der Waals surface area contributed by atoms with Crippen molar-refractivity contribution in [3.8, 4) is 0 Å². The maximum Gasteiger partial charge on any atom is 0.0626 e. The van der Waals surface area contributed by atoms with Crippen LogP contribution in [0.4, 0.5) is 0 Å². The van der Waals surface area contributed by atoms with E-state index >= 15 is 0 Å². The quantitative estimate of drug-likeness (QED) is 0.669. The Kier molecular flexibility index (Phi) is 2.33. The van der Waals surface area contributed by atoms with Crippen LogP contribution < -0.4 is 0 Å². The lowest BCUT2D eigenvalue weighted by Crippen LogP contribution is -2.17. The highest BCUT2D eigenvalue weighted by Crippen LogP contribution is 2.25. The van der Waals surface area contributed by atoms with Crippen LogP contribution in [0.1, 0.15) is 24.5 Å². The van der Waals surface area contributed by atoms with Crippen molar-refractivity contribution in [2.45, 2.75) is 18.8 Å². The predicted octanol–water partition coefficient (Wildman–Crippen LogP) is 1.78. The van der Waals surface area contributed by atoms with Crippen molar-refractivity contribution in [1.29, 1.82) is 0 Å². The molecule has 1 aromatic rings. The van der Waals surface area contributed by atoms with Gasteiger partial charge in [-0.05, 0) is 18.9 Å². The highest BCUT2D eigenvalue weighted by atomic mass is 35.5. The first-order valence-corrected chi connectivity index (χ1v) is 4.49. The van der Waals surface area contributed by atoms with Crippen LogP contribution in [-0.4, -0.2) is 22.5 Å². The summed E-state index contributed by atoms with van der Waals surface area (Å²) < 4.78 is 6.78. The van der Waals surface area contributed by atoms with Crippen LogP contribution >= 0.6 is 11.8 Å². The molecule has 0 radical (unpaired) electrons. The number of hydrogen-bond acceptors (Lipinski definition) is 2. The average molecular weight is 187 g/mol. The standard InChI is InChI=1S/C8H11ClN2O/c9-11-8(3-4-10-11)7-2-1-5-12-6-7/h3-4,7H,1-2,5-6H2. The summed E-state index contributed by atoms with van der Waals surface area (Å²) in [6, 6.07) is 1.95. The second-order valence-electron chi connectivity index (χ2n) is 3.03. The molecule has 1 fully saturated rings. The number of aromatic nitrogens is 2. The van der Waals surface area contributed by atoms with Gasteiger partial charge < -0.3 is 4.74 Å². The molecule has 1 atom stereocenters. The molecule has 1 saturated heterocycles. The summed E-state index contributed by atoms with van der Waals surface area (Å²) >= 11 is 5.82. The number of ether oxygens (including phenoxy) is 1. The summed E-state index contributed by atoms with van der Waals surface area (Å²) in [6.07, 6.45) is 3.99. The third-order valence-corrected chi connectivity index (χ3v) is 2.49. The molecule has 0 N–H and O–H groups in total. The largest absolute Gasteiger partial charge is 0.381 e. The Balaban J connectivity index is 2.13. The number of halogens is 1. The fraction of sp³-hybridized carbons (Fsp3) is 0.625. The molecular formula is C8H11ClN2O. The molecule has 1 aliphatic heterocycles. The highest BCUT2D eigenvalue weighted by molar-refractivity contribution is 6.15. The first-order chi connectivity index (χ1) is 5.88. The second kappa shape index (κ2) is 3.46. The molecule has 0 bridgehead atoms. The van der Waals surface area contributed by atoms with Crippen LogP contribution in [0.5, 0.6) is 0 Å². The highest BCUT2D eigenvalue weighted by Gasteiger charge is 2.18. The number of rotatable bonds is 1. The third-order valence-electron chi connectivity index (χ3n) is 2.20. The van der Waals surface area contributed by atoms with Gasteiger partial charge in [0.15, 0.2) is 0 Å². The van der Waals surface area contributed by atoms with E-state index < -0.39 is 0 Å². The van der Waals surface area contributed by atoms with Crippen molar-refractivity contribution in [3.05, 3.63) is 18.0 Å². The Hall–Kier alpha value is -0.540. The van der Waals surface area contributed by atoms with Crippen molar-refractivity contribution in [3.63, 3.8) is 0 Å². The van der Waals surface area contributed by atoms with Crippen LogP contribution in [0, 0.1) is 0 Å². The zero-order chi connectivity index (χ0) is 8.39. The van der Waals surface area contributed by atoms with Gasteiger partial charge in [-0.3, -0.25) is 0 Å². The van der Waals surface area contributed by atoms with Gasteiger partial charge in [-0.1, -0.05) is 0 Å². The van der Waals surface area contributed by atoms with Crippen LogP contribution in [0.2, 0.25) is 0 Å². The Bertz CT molecular complexity index is 255. The van der Waals surface area contributed by atoms with Crippen LogP contribution in [0.15, 0.2) is 12.3 Å². The van der Waals surface area contributed by atoms with E-state index in [1.54, 1.807) is 6.20 Å². The maximum absolute atomic E-state index is 5.82. The second-order valence-corrected chi connectivity index (χ2v) is 3.35. The minimum atomic E-state index is 0.429. The monoisotopic (exact) mass is 186 g/mol. The smallest absolute Gasteiger partial charge is 0.0626 e. The summed E-state index contributed by atoms with van der Waals surface area (Å²) in [5.41, 5.74) is 1.07. The molecule has 0 spiro atoms. The maximum atomic E-state index is 5.82. The first kappa shape index (κ1) is 8.08. The molecule has 1 aromatic heterocycles. The first-order valence-electron chi connectivity index (χ1n) is 4.16. The van der Waals surface area contributed by atoms with Crippen molar-refractivity contribution >= 4 is 11.8 Å². The van der Waals surface area contributed by atoms with E-state index in [0.29, 0.717) is 5.92 Å². The van der Waals surface area contributed by atoms with Gasteiger partial charge in [0, 0.05) is 24.3 Å². The zero-order valence-electron chi connectivity index (χ0n) is 6.74. The van der Waals surface area contributed by atoms with E-state index in [1.807, 2.05) is 6.07 Å². The summed E-state index contributed by atoms with van der Waals surface area (Å²) in [6.45, 7) is 1.66. The average Bonchev–Trinajstić information content (AvgIpc) is 2.53. The van der Waals surface area contributed by atoms with Crippen molar-refractivity contribution < 1.29 is 4.74 Å². The predicted molar refractivity (Wildman–Crippen MR) is 46.3 cm³/mol. The lowest BCUT2D eigenvalue weighted by atomic mass is 9.99. The van der Waals surface area contributed by atoms with Gasteiger partial charge in [-0.25, -0.2) is 0 Å². The normalized spacial score (nSPS) is 24.2. The molecule has 0 amide bonds. The van der Waals surface area contributed by atoms with Gasteiger partial charge in [0.1, 0.15) is 0 Å². The van der Waals surface area contributed by atoms with Crippen molar-refractivity contribution in [1.82, 2.24) is 9.30 Å². The molecule has 4 heteroatoms. The Morgan fingerprint density at radius 2 is 2.58 bits per heavy atom. The molecular weight excluding hydrogens is 176 g/mol. The number of nitrogens with zero attached hydrogens (tertiary/aromatic N) is 2. The van der Waals surface area contributed by atoms with Gasteiger partial charge >= 0.3 is 0 Å². The van der Waals surface area contributed by atoms with E-state index in [-0.39, 0.29) is 0 Å². The molecule has 3 nitrogen and oxygen atoms in total. The fourth-order valence-corrected chi connectivity index (χ4v) is 1.80. The molecule has 2 rings (SSSR count). The molecule has 12 heavy (non-hydrogen) atoms. The van der Waals surface area contributed by atoms with E-state index in [2.05, 4.69) is 5.10 Å². The summed E-state index contributed by atoms with van der Waals surface area (Å²) in [7, 11) is 0. The molecule has 2 heterocycles. The van der Waals surface area contributed by atoms with Crippen LogP contribution in [-0.2, 0) is 4.74 Å². The minimum Gasteiger partial charge on any atom is -0.381 e. The van der Waals surface area contributed by atoms with E-state index in [4.69, 9.17) is 16.5 Å². The molecule has 66 valence electrons. The molecule has 0 saturated carbocycles. The van der Waals surface area contributed by atoms with Crippen LogP contribution in [0.3, 0.4) is 0 Å². The minimum absolute atomic E-state index is 0.429. The molecule has 0 aliphatic carbocycles. The van der Waals surface area contributed by atoms with Gasteiger partial charge in [0.25, 0.3) is 0 Å². The molecule has 1 unspecified atom stereocenters. The van der Waals surface area contributed by atoms with E-state index in [0.717, 1.165) is 31.7 Å². The Morgan fingerprint density at radius 3 is 3.17 bits per heavy atom. The lowest BCUT2D eigenvalue weighted by Gasteiger charge is -2.21. The van der Waals surface area contributed by atoms with E-state index in [1.165, 1.54) is 4.20 Å². The van der Waals surface area contributed by atoms with Crippen molar-refractivity contribution in [2.24, 2.45) is 0 Å². The Morgan fingerprint density at radius 1 is 1.67 bits per heavy atom. The number of hydrogen-bond donors (Lipinski definition) is 0. The van der Waals surface area contributed by atoms with E-state index in [9.17, 15) is 0 Å². The summed E-state index contributed by atoms with van der Waals surface area (Å²) in [5.74, 6) is 0.429. The fourth-order valence-electron chi connectivity index (χ4n) is 1.56. The van der Waals surface area contributed by atoms with Gasteiger partial charge in [-0.15, -0.1) is 0 Å². The summed E-state index contributed by atoms with van der Waals surface area (Å²) in [5, 5.41) is 3.92. The third kappa shape index (κ3) is 1.47. The molecule has 1 aliphatic rings. The summed E-state index contributed by atoms with van der Waals surface area (Å²) in [4.78, 5) is 0. The van der Waals surface area contributed by atoms with Gasteiger partial charge in [0.2, 0.25) is 0 Å². The SMILES string of the molecule is Cln1nccc1C1CCCOC1. The van der Waals surface area contributed by atoms with Crippen molar-refractivity contribution in [2.75, 3.05) is 13.2 Å². The Labute approximate surface area is 76.4 Å². The van der Waals surface area contributed by atoms with Gasteiger partial charge in [-0.2, -0.15) is 9.30 Å². The lowest BCUT2D eigenvalue weighted by molar-refractivity contribution is 0.0789. The van der Waals surface area contributed by atoms with Gasteiger partial charge in [0.05, 0.1) is 18.5 Å². The topological polar surface area (TPSA) is 27.1 Å². The van der Waals surface area contributed by atoms with Crippen LogP contribution in [0.25, 0.3) is 0 Å².